The van der Waals surface area contributed by atoms with Gasteiger partial charge in [-0.05, 0) is 49.2 Å². The van der Waals surface area contributed by atoms with Crippen LogP contribution in [0.4, 0.5) is 0 Å². The van der Waals surface area contributed by atoms with E-state index in [4.69, 9.17) is 0 Å². The average Bonchev–Trinajstić information content (AvgIpc) is 2.84. The largest absolute Gasteiger partial charge is 0.295 e. The molecular weight excluding hydrogens is 334 g/mol. The van der Waals surface area contributed by atoms with Crippen LogP contribution < -0.4 is 0 Å². The van der Waals surface area contributed by atoms with Gasteiger partial charge in [-0.15, -0.1) is 0 Å². The van der Waals surface area contributed by atoms with Crippen LogP contribution in [0, 0.1) is 0 Å². The van der Waals surface area contributed by atoms with Gasteiger partial charge in [0, 0.05) is 26.5 Å². The minimum absolute atomic E-state index is 0.0741. The van der Waals surface area contributed by atoms with Gasteiger partial charge in [0.15, 0.2) is 5.78 Å². The molecule has 1 aromatic heterocycles. The van der Waals surface area contributed by atoms with E-state index in [-0.39, 0.29) is 5.78 Å². The summed E-state index contributed by atoms with van der Waals surface area (Å²) in [7, 11) is 0. The molecular formula is C16H12BrNOS. The fourth-order valence-corrected chi connectivity index (χ4v) is 3.51. The van der Waals surface area contributed by atoms with Gasteiger partial charge < -0.3 is 0 Å². The molecule has 100 valence electrons. The third-order valence-electron chi connectivity index (χ3n) is 3.08. The maximum Gasteiger partial charge on any atom is 0.159 e. The number of nitrogens with zero attached hydrogens (tertiary/aromatic N) is 1. The summed E-state index contributed by atoms with van der Waals surface area (Å²) >= 11 is 5.18. The molecule has 0 amide bonds. The van der Waals surface area contributed by atoms with Crippen molar-refractivity contribution < 1.29 is 4.79 Å². The highest BCUT2D eigenvalue weighted by Gasteiger charge is 2.10. The lowest BCUT2D eigenvalue weighted by atomic mass is 10.1. The number of aromatic nitrogens is 1. The fourth-order valence-electron chi connectivity index (χ4n) is 2.05. The zero-order valence-corrected chi connectivity index (χ0v) is 13.2. The second-order valence-corrected chi connectivity index (χ2v) is 6.39. The third-order valence-corrected chi connectivity index (χ3v) is 4.73. The van der Waals surface area contributed by atoms with Gasteiger partial charge >= 0.3 is 0 Å². The average molecular weight is 346 g/mol. The molecule has 0 N–H and O–H groups in total. The Hall–Kier alpha value is -1.52. The molecule has 3 rings (SSSR count). The van der Waals surface area contributed by atoms with Crippen molar-refractivity contribution in [3.63, 3.8) is 0 Å². The first-order chi connectivity index (χ1) is 9.65. The van der Waals surface area contributed by atoms with Crippen molar-refractivity contribution in [2.45, 2.75) is 11.8 Å². The van der Waals surface area contributed by atoms with E-state index < -0.39 is 0 Å². The molecule has 0 aliphatic rings. The number of carbonyl (C=O) groups excluding carboxylic acids is 1. The van der Waals surface area contributed by atoms with Crippen LogP contribution in [0.1, 0.15) is 17.3 Å². The van der Waals surface area contributed by atoms with Gasteiger partial charge in [0.05, 0.1) is 5.52 Å². The summed E-state index contributed by atoms with van der Waals surface area (Å²) in [6.45, 7) is 1.59. The van der Waals surface area contributed by atoms with E-state index in [1.165, 1.54) is 0 Å². The highest BCUT2D eigenvalue weighted by molar-refractivity contribution is 9.10. The van der Waals surface area contributed by atoms with Gasteiger partial charge in [-0.1, -0.05) is 34.1 Å². The van der Waals surface area contributed by atoms with Crippen molar-refractivity contribution in [2.75, 3.05) is 0 Å². The molecule has 0 radical (unpaired) electrons. The lowest BCUT2D eigenvalue weighted by Gasteiger charge is -2.06. The van der Waals surface area contributed by atoms with Gasteiger partial charge in [-0.2, -0.15) is 0 Å². The molecule has 0 aliphatic heterocycles. The standard InChI is InChI=1S/C16H12BrNOS/c1-11(19)12-9-15(17)14-7-8-18(16(14)10-12)20-13-5-3-2-4-6-13/h2-10H,1H3. The van der Waals surface area contributed by atoms with Crippen LogP contribution in [-0.4, -0.2) is 9.76 Å². The Morgan fingerprint density at radius 3 is 2.60 bits per heavy atom. The van der Waals surface area contributed by atoms with Crippen LogP contribution in [0.25, 0.3) is 10.9 Å². The summed E-state index contributed by atoms with van der Waals surface area (Å²) in [5.41, 5.74) is 1.76. The first-order valence-electron chi connectivity index (χ1n) is 6.20. The molecule has 1 heterocycles. The Kier molecular flexibility index (Phi) is 3.68. The van der Waals surface area contributed by atoms with Crippen LogP contribution in [0.3, 0.4) is 0 Å². The SMILES string of the molecule is CC(=O)c1cc(Br)c2ccn(Sc3ccccc3)c2c1. The van der Waals surface area contributed by atoms with E-state index in [1.807, 2.05) is 36.5 Å². The molecule has 0 spiro atoms. The van der Waals surface area contributed by atoms with Gasteiger partial charge in [-0.3, -0.25) is 8.77 Å². The molecule has 0 atom stereocenters. The molecule has 0 unspecified atom stereocenters. The Balaban J connectivity index is 2.10. The van der Waals surface area contributed by atoms with E-state index in [0.29, 0.717) is 0 Å². The second kappa shape index (κ2) is 5.46. The molecule has 2 nitrogen and oxygen atoms in total. The Morgan fingerprint density at radius 2 is 1.90 bits per heavy atom. The van der Waals surface area contributed by atoms with Gasteiger partial charge in [0.1, 0.15) is 0 Å². The number of halogens is 1. The Morgan fingerprint density at radius 1 is 1.15 bits per heavy atom. The second-order valence-electron chi connectivity index (χ2n) is 4.49. The zero-order valence-electron chi connectivity index (χ0n) is 10.8. The monoisotopic (exact) mass is 345 g/mol. The topological polar surface area (TPSA) is 22.0 Å². The van der Waals surface area contributed by atoms with Crippen LogP contribution in [0.15, 0.2) is 64.1 Å². The van der Waals surface area contributed by atoms with Crippen molar-refractivity contribution in [2.24, 2.45) is 0 Å². The van der Waals surface area contributed by atoms with Crippen LogP contribution in [0.2, 0.25) is 0 Å². The quantitative estimate of drug-likeness (QED) is 0.611. The summed E-state index contributed by atoms with van der Waals surface area (Å²) in [5.74, 6) is 0.0741. The number of hydrogen-bond acceptors (Lipinski definition) is 2. The summed E-state index contributed by atoms with van der Waals surface area (Å²) in [6.07, 6.45) is 2.02. The lowest BCUT2D eigenvalue weighted by molar-refractivity contribution is 0.101. The zero-order chi connectivity index (χ0) is 14.1. The molecule has 0 bridgehead atoms. The molecule has 0 fully saturated rings. The number of Topliss-reactive ketones (excluding diaryl/α,β-unsaturated/α-hetero) is 1. The number of carbonyl (C=O) groups is 1. The van der Waals surface area contributed by atoms with Crippen molar-refractivity contribution in [1.82, 2.24) is 3.97 Å². The third kappa shape index (κ3) is 2.53. The highest BCUT2D eigenvalue weighted by atomic mass is 79.9. The number of ketones is 1. The van der Waals surface area contributed by atoms with Crippen molar-refractivity contribution in [1.29, 1.82) is 0 Å². The maximum absolute atomic E-state index is 11.6. The fraction of sp³-hybridized carbons (Fsp3) is 0.0625. The smallest absolute Gasteiger partial charge is 0.159 e. The molecule has 4 heteroatoms. The maximum atomic E-state index is 11.6. The lowest BCUT2D eigenvalue weighted by Crippen LogP contribution is -1.93. The summed E-state index contributed by atoms with van der Waals surface area (Å²) in [5, 5.41) is 1.11. The van der Waals surface area contributed by atoms with Crippen LogP contribution in [0.5, 0.6) is 0 Å². The van der Waals surface area contributed by atoms with Crippen molar-refractivity contribution in [3.05, 3.63) is 64.8 Å². The van der Waals surface area contributed by atoms with E-state index in [9.17, 15) is 4.79 Å². The van der Waals surface area contributed by atoms with Crippen LogP contribution in [-0.2, 0) is 0 Å². The summed E-state index contributed by atoms with van der Waals surface area (Å²) in [4.78, 5) is 12.8. The van der Waals surface area contributed by atoms with E-state index in [0.717, 1.165) is 25.8 Å². The van der Waals surface area contributed by atoms with E-state index >= 15 is 0 Å². The molecule has 2 aromatic carbocycles. The molecule has 0 saturated carbocycles. The molecule has 3 aromatic rings. The van der Waals surface area contributed by atoms with Crippen molar-refractivity contribution in [3.8, 4) is 0 Å². The minimum atomic E-state index is 0.0741. The highest BCUT2D eigenvalue weighted by Crippen LogP contribution is 2.31. The Bertz CT molecular complexity index is 780. The normalized spacial score (nSPS) is 10.9. The number of rotatable bonds is 3. The first-order valence-corrected chi connectivity index (χ1v) is 7.77. The first kappa shape index (κ1) is 13.5. The number of hydrogen-bond donors (Lipinski definition) is 0. The number of benzene rings is 2. The molecule has 0 aliphatic carbocycles. The number of fused-ring (bicyclic) bond motifs is 1. The summed E-state index contributed by atoms with van der Waals surface area (Å²) in [6, 6.07) is 16.1. The molecule has 20 heavy (non-hydrogen) atoms. The molecule has 0 saturated heterocycles. The van der Waals surface area contributed by atoms with E-state index in [2.05, 4.69) is 38.1 Å². The minimum Gasteiger partial charge on any atom is -0.295 e. The van der Waals surface area contributed by atoms with Gasteiger partial charge in [-0.25, -0.2) is 0 Å². The van der Waals surface area contributed by atoms with E-state index in [1.54, 1.807) is 18.9 Å². The predicted octanol–water partition coefficient (Wildman–Crippen LogP) is 5.16. The predicted molar refractivity (Wildman–Crippen MR) is 87.3 cm³/mol. The van der Waals surface area contributed by atoms with Crippen LogP contribution >= 0.6 is 27.9 Å². The summed E-state index contributed by atoms with van der Waals surface area (Å²) < 4.78 is 3.04. The van der Waals surface area contributed by atoms with Crippen molar-refractivity contribution >= 4 is 44.6 Å². The van der Waals surface area contributed by atoms with Gasteiger partial charge in [0.25, 0.3) is 0 Å². The Labute approximate surface area is 130 Å². The van der Waals surface area contributed by atoms with Gasteiger partial charge in [0.2, 0.25) is 0 Å².